The number of hydrogen-bond donors (Lipinski definition) is 2. The maximum atomic E-state index is 14.3. The number of nitrogens with one attached hydrogen (secondary N) is 1. The maximum Gasteiger partial charge on any atom is 0.260 e. The van der Waals surface area contributed by atoms with Crippen molar-refractivity contribution in [2.24, 2.45) is 16.1 Å². The molecule has 27 heavy (non-hydrogen) atoms. The normalized spacial score (nSPS) is 22.8. The molecule has 0 radical (unpaired) electrons. The lowest BCUT2D eigenvalue weighted by Crippen LogP contribution is -2.27. The minimum atomic E-state index is -0.999. The third kappa shape index (κ3) is 2.99. The Morgan fingerprint density at radius 1 is 1.22 bits per heavy atom. The van der Waals surface area contributed by atoms with Gasteiger partial charge in [-0.2, -0.15) is 4.99 Å². The fraction of sp³-hybridized carbons (Fsp3) is 0.250. The van der Waals surface area contributed by atoms with Gasteiger partial charge in [0.05, 0.1) is 5.69 Å². The summed E-state index contributed by atoms with van der Waals surface area (Å²) in [5.41, 5.74) is 5.46. The first-order chi connectivity index (χ1) is 13.0. The molecule has 138 valence electrons. The molecule has 7 heteroatoms. The molecule has 1 aromatic carbocycles. The molecular formula is C20H18F2N4O. The van der Waals surface area contributed by atoms with Crippen molar-refractivity contribution in [3.63, 3.8) is 0 Å². The first-order valence-electron chi connectivity index (χ1n) is 8.65. The number of hydrogen-bond acceptors (Lipinski definition) is 3. The molecular weight excluding hydrogens is 350 g/mol. The van der Waals surface area contributed by atoms with Gasteiger partial charge < -0.3 is 11.1 Å². The number of pyridine rings is 1. The van der Waals surface area contributed by atoms with E-state index in [1.165, 1.54) is 42.7 Å². The lowest BCUT2D eigenvalue weighted by molar-refractivity contribution is -0.120. The van der Waals surface area contributed by atoms with Crippen LogP contribution in [0, 0.1) is 17.0 Å². The molecule has 1 heterocycles. The summed E-state index contributed by atoms with van der Waals surface area (Å²) < 4.78 is 27.1. The molecule has 3 N–H and O–H groups in total. The molecule has 5 nitrogen and oxygen atoms in total. The van der Waals surface area contributed by atoms with Gasteiger partial charge in [-0.05, 0) is 67.2 Å². The highest BCUT2D eigenvalue weighted by atomic mass is 19.1. The monoisotopic (exact) mass is 368 g/mol. The first kappa shape index (κ1) is 17.3. The Bertz CT molecular complexity index is 951. The van der Waals surface area contributed by atoms with Crippen LogP contribution in [0.25, 0.3) is 0 Å². The minimum Gasteiger partial charge on any atom is -0.384 e. The van der Waals surface area contributed by atoms with E-state index in [0.717, 1.165) is 12.8 Å². The lowest BCUT2D eigenvalue weighted by atomic mass is 9.95. The second-order valence-electron chi connectivity index (χ2n) is 7.02. The predicted molar refractivity (Wildman–Crippen MR) is 97.9 cm³/mol. The highest BCUT2D eigenvalue weighted by molar-refractivity contribution is 6.05. The third-order valence-corrected chi connectivity index (χ3v) is 5.34. The Labute approximate surface area is 155 Å². The summed E-state index contributed by atoms with van der Waals surface area (Å²) in [4.78, 5) is 20.9. The number of rotatable bonds is 5. The van der Waals surface area contributed by atoms with E-state index in [1.807, 2.05) is 0 Å². The number of aliphatic imine (C=N–C) groups is 1. The van der Waals surface area contributed by atoms with Gasteiger partial charge in [0, 0.05) is 18.1 Å². The Morgan fingerprint density at radius 2 is 1.96 bits per heavy atom. The molecule has 0 bridgehead atoms. The van der Waals surface area contributed by atoms with E-state index < -0.39 is 17.1 Å². The average molecular weight is 368 g/mol. The van der Waals surface area contributed by atoms with Crippen LogP contribution in [-0.2, 0) is 10.2 Å². The molecule has 2 saturated carbocycles. The Morgan fingerprint density at radius 3 is 2.59 bits per heavy atom. The number of carbonyl (C=O) groups is 1. The van der Waals surface area contributed by atoms with Crippen molar-refractivity contribution < 1.29 is 13.6 Å². The molecule has 2 aliphatic carbocycles. The first-order valence-corrected chi connectivity index (χ1v) is 8.65. The number of aromatic nitrogens is 1. The molecule has 0 saturated heterocycles. The fourth-order valence-electron chi connectivity index (χ4n) is 3.68. The van der Waals surface area contributed by atoms with E-state index >= 15 is 0 Å². The number of amides is 1. The lowest BCUT2D eigenvalue weighted by Gasteiger charge is -2.13. The van der Waals surface area contributed by atoms with E-state index in [9.17, 15) is 13.6 Å². The highest BCUT2D eigenvalue weighted by Crippen LogP contribution is 2.79. The smallest absolute Gasteiger partial charge is 0.260 e. The molecule has 1 aromatic heterocycles. The summed E-state index contributed by atoms with van der Waals surface area (Å²) in [6.07, 6.45) is 6.72. The van der Waals surface area contributed by atoms with Gasteiger partial charge >= 0.3 is 0 Å². The zero-order valence-corrected chi connectivity index (χ0v) is 14.5. The number of nitrogens with two attached hydrogens (primary N) is 1. The van der Waals surface area contributed by atoms with Gasteiger partial charge in [0.15, 0.2) is 0 Å². The summed E-state index contributed by atoms with van der Waals surface area (Å²) in [7, 11) is 0. The number of carbonyl (C=O) groups excluding carboxylic acids is 1. The average Bonchev–Trinajstić information content (AvgIpc) is 3.56. The van der Waals surface area contributed by atoms with Crippen LogP contribution in [0.1, 0.15) is 25.0 Å². The van der Waals surface area contributed by atoms with Crippen LogP contribution in [0.3, 0.4) is 0 Å². The van der Waals surface area contributed by atoms with Gasteiger partial charge in [0.2, 0.25) is 0 Å². The second-order valence-corrected chi connectivity index (χ2v) is 7.02. The van der Waals surface area contributed by atoms with Crippen LogP contribution in [0.15, 0.2) is 59.9 Å². The standard InChI is InChI=1S/C20H18F2N4O/c21-13-3-5-14(6-4-13)24-11-7-16(23)26-18(27)20(12-19(20)8-9-19)17-15(22)2-1-10-25-17/h1-7,10-11,24H,8-9,12H2,(H2,23,26,27)/b11-7-. The summed E-state index contributed by atoms with van der Waals surface area (Å²) >= 11 is 0. The van der Waals surface area contributed by atoms with Gasteiger partial charge in [0.25, 0.3) is 5.91 Å². The minimum absolute atomic E-state index is 0.00743. The van der Waals surface area contributed by atoms with Gasteiger partial charge in [-0.3, -0.25) is 9.78 Å². The van der Waals surface area contributed by atoms with Crippen LogP contribution in [0.2, 0.25) is 0 Å². The van der Waals surface area contributed by atoms with Crippen molar-refractivity contribution in [3.05, 3.63) is 72.2 Å². The van der Waals surface area contributed by atoms with Crippen LogP contribution in [0.4, 0.5) is 14.5 Å². The van der Waals surface area contributed by atoms with Gasteiger partial charge in [-0.1, -0.05) is 0 Å². The van der Waals surface area contributed by atoms with E-state index in [1.54, 1.807) is 12.1 Å². The van der Waals surface area contributed by atoms with Crippen molar-refractivity contribution in [3.8, 4) is 0 Å². The van der Waals surface area contributed by atoms with Crippen LogP contribution in [0.5, 0.6) is 0 Å². The fourth-order valence-corrected chi connectivity index (χ4v) is 3.68. The molecule has 1 unspecified atom stereocenters. The number of amidine groups is 1. The third-order valence-electron chi connectivity index (χ3n) is 5.34. The Balaban J connectivity index is 1.50. The van der Waals surface area contributed by atoms with Gasteiger partial charge in [-0.25, -0.2) is 8.78 Å². The Hall–Kier alpha value is -3.09. The van der Waals surface area contributed by atoms with Crippen molar-refractivity contribution >= 4 is 17.4 Å². The molecule has 1 amide bonds. The molecule has 1 atom stereocenters. The number of nitrogens with zero attached hydrogens (tertiary/aromatic N) is 2. The predicted octanol–water partition coefficient (Wildman–Crippen LogP) is 3.29. The number of halogens is 2. The van der Waals surface area contributed by atoms with Gasteiger partial charge in [-0.15, -0.1) is 0 Å². The Kier molecular flexibility index (Phi) is 4.02. The van der Waals surface area contributed by atoms with Gasteiger partial charge in [0.1, 0.15) is 22.9 Å². The summed E-state index contributed by atoms with van der Waals surface area (Å²) in [6, 6.07) is 8.59. The van der Waals surface area contributed by atoms with Crippen LogP contribution in [-0.4, -0.2) is 16.7 Å². The molecule has 2 fully saturated rings. The van der Waals surface area contributed by atoms with Crippen LogP contribution >= 0.6 is 0 Å². The molecule has 2 aromatic rings. The number of benzene rings is 1. The topological polar surface area (TPSA) is 80.4 Å². The summed E-state index contributed by atoms with van der Waals surface area (Å²) in [6.45, 7) is 0. The zero-order valence-electron chi connectivity index (χ0n) is 14.5. The molecule has 0 aliphatic heterocycles. The summed E-state index contributed by atoms with van der Waals surface area (Å²) in [5.74, 6) is -1.27. The zero-order chi connectivity index (χ0) is 19.1. The SMILES string of the molecule is NC(/C=C\Nc1ccc(F)cc1)=NC(=O)C1(c2ncccc2F)CC12CC2. The van der Waals surface area contributed by atoms with Crippen molar-refractivity contribution in [1.82, 2.24) is 4.98 Å². The van der Waals surface area contributed by atoms with Crippen molar-refractivity contribution in [2.45, 2.75) is 24.7 Å². The van der Waals surface area contributed by atoms with E-state index in [2.05, 4.69) is 15.3 Å². The quantitative estimate of drug-likeness (QED) is 0.627. The number of anilines is 1. The maximum absolute atomic E-state index is 14.3. The molecule has 4 rings (SSSR count). The van der Waals surface area contributed by atoms with Crippen molar-refractivity contribution in [2.75, 3.05) is 5.32 Å². The molecule has 1 spiro atoms. The second kappa shape index (κ2) is 6.26. The molecule has 2 aliphatic rings. The van der Waals surface area contributed by atoms with E-state index in [4.69, 9.17) is 5.73 Å². The van der Waals surface area contributed by atoms with E-state index in [-0.39, 0.29) is 22.8 Å². The van der Waals surface area contributed by atoms with Crippen LogP contribution < -0.4 is 11.1 Å². The van der Waals surface area contributed by atoms with Crippen molar-refractivity contribution in [1.29, 1.82) is 0 Å². The summed E-state index contributed by atoms with van der Waals surface area (Å²) in [5, 5.41) is 2.91. The highest BCUT2D eigenvalue weighted by Gasteiger charge is 2.79. The largest absolute Gasteiger partial charge is 0.384 e. The van der Waals surface area contributed by atoms with E-state index in [0.29, 0.717) is 12.1 Å².